The van der Waals surface area contributed by atoms with Crippen LogP contribution in [0.3, 0.4) is 0 Å². The molecule has 0 atom stereocenters. The van der Waals surface area contributed by atoms with Crippen molar-refractivity contribution in [2.45, 2.75) is 11.7 Å². The fourth-order valence-electron chi connectivity index (χ4n) is 2.04. The Labute approximate surface area is 128 Å². The molecule has 9 heteroatoms. The number of amides is 1. The fourth-order valence-corrected chi connectivity index (χ4v) is 2.95. The van der Waals surface area contributed by atoms with Crippen molar-refractivity contribution in [3.05, 3.63) is 56.5 Å². The van der Waals surface area contributed by atoms with E-state index in [2.05, 4.69) is 10.3 Å². The van der Waals surface area contributed by atoms with Crippen LogP contribution in [0.15, 0.2) is 40.4 Å². The number of hydrogen-bond donors (Lipinski definition) is 1. The smallest absolute Gasteiger partial charge is 0.269 e. The van der Waals surface area contributed by atoms with Gasteiger partial charge >= 0.3 is 0 Å². The van der Waals surface area contributed by atoms with Gasteiger partial charge < -0.3 is 5.32 Å². The van der Waals surface area contributed by atoms with Crippen LogP contribution in [0, 0.1) is 10.1 Å². The Balaban J connectivity index is 1.83. The lowest BCUT2D eigenvalue weighted by Crippen LogP contribution is -2.29. The monoisotopic (exact) mass is 318 g/mol. The summed E-state index contributed by atoms with van der Waals surface area (Å²) < 4.78 is 1.47. The number of non-ortho nitro benzene ring substituents is 1. The van der Waals surface area contributed by atoms with Crippen LogP contribution >= 0.6 is 11.8 Å². The molecule has 1 aromatic heterocycles. The molecule has 2 aromatic rings. The Morgan fingerprint density at radius 3 is 2.77 bits per heavy atom. The molecule has 1 aromatic carbocycles. The molecular formula is C13H10N4O4S. The van der Waals surface area contributed by atoms with Crippen molar-refractivity contribution in [3.63, 3.8) is 0 Å². The number of nitrogens with one attached hydrogen (secondary N) is 1. The second-order valence-corrected chi connectivity index (χ2v) is 5.58. The number of hydrogen-bond acceptors (Lipinski definition) is 6. The molecule has 1 amide bonds. The molecule has 112 valence electrons. The zero-order chi connectivity index (χ0) is 15.7. The number of nitrogens with zero attached hydrogens (tertiary/aromatic N) is 3. The van der Waals surface area contributed by atoms with Crippen LogP contribution in [0.25, 0.3) is 0 Å². The first-order valence-corrected chi connectivity index (χ1v) is 7.33. The molecule has 1 aliphatic heterocycles. The van der Waals surface area contributed by atoms with Gasteiger partial charge in [0.15, 0.2) is 5.16 Å². The highest BCUT2D eigenvalue weighted by Gasteiger charge is 2.20. The maximum atomic E-state index is 12.2. The first kappa shape index (κ1) is 14.3. The summed E-state index contributed by atoms with van der Waals surface area (Å²) >= 11 is 1.47. The fraction of sp³-hybridized carbons (Fsp3) is 0.154. The van der Waals surface area contributed by atoms with Crippen LogP contribution in [0.5, 0.6) is 0 Å². The Bertz CT molecular complexity index is 816. The second-order valence-electron chi connectivity index (χ2n) is 4.52. The van der Waals surface area contributed by atoms with E-state index in [9.17, 15) is 19.7 Å². The molecule has 0 saturated heterocycles. The van der Waals surface area contributed by atoms with Gasteiger partial charge in [-0.3, -0.25) is 24.3 Å². The Morgan fingerprint density at radius 2 is 2.09 bits per heavy atom. The largest absolute Gasteiger partial charge is 0.322 e. The van der Waals surface area contributed by atoms with Gasteiger partial charge in [0.1, 0.15) is 5.56 Å². The summed E-state index contributed by atoms with van der Waals surface area (Å²) in [5.41, 5.74) is -0.136. The van der Waals surface area contributed by atoms with E-state index >= 15 is 0 Å². The highest BCUT2D eigenvalue weighted by molar-refractivity contribution is 7.99. The van der Waals surface area contributed by atoms with E-state index in [4.69, 9.17) is 0 Å². The average molecular weight is 318 g/mol. The number of carbonyl (C=O) groups excluding carboxylic acids is 1. The molecular weight excluding hydrogens is 308 g/mol. The third kappa shape index (κ3) is 2.58. The summed E-state index contributed by atoms with van der Waals surface area (Å²) in [6.07, 6.45) is 1.26. The van der Waals surface area contributed by atoms with E-state index in [1.165, 1.54) is 46.8 Å². The first-order valence-electron chi connectivity index (χ1n) is 6.35. The predicted octanol–water partition coefficient (Wildman–Crippen LogP) is 1.51. The van der Waals surface area contributed by atoms with Crippen LogP contribution in [-0.2, 0) is 6.54 Å². The van der Waals surface area contributed by atoms with Gasteiger partial charge in [-0.2, -0.15) is 0 Å². The van der Waals surface area contributed by atoms with Crippen molar-refractivity contribution < 1.29 is 9.72 Å². The second kappa shape index (κ2) is 5.60. The van der Waals surface area contributed by atoms with Crippen LogP contribution in [-0.4, -0.2) is 26.1 Å². The number of anilines is 1. The summed E-state index contributed by atoms with van der Waals surface area (Å²) in [6, 6.07) is 5.37. The minimum atomic E-state index is -0.585. The van der Waals surface area contributed by atoms with Gasteiger partial charge in [0.2, 0.25) is 0 Å². The standard InChI is InChI=1S/C13H10N4O4S/c18-11(15-8-1-3-9(4-2-8)17(20)21)10-7-14-13-16(12(10)19)5-6-22-13/h1-4,7H,5-6H2,(H,15,18). The van der Waals surface area contributed by atoms with Crippen LogP contribution in [0.2, 0.25) is 0 Å². The Hall–Kier alpha value is -2.68. The van der Waals surface area contributed by atoms with E-state index in [1.54, 1.807) is 0 Å². The Kier molecular flexibility index (Phi) is 3.63. The summed E-state index contributed by atoms with van der Waals surface area (Å²) in [7, 11) is 0. The molecule has 0 radical (unpaired) electrons. The lowest BCUT2D eigenvalue weighted by Gasteiger charge is -2.06. The third-order valence-corrected chi connectivity index (χ3v) is 4.11. The van der Waals surface area contributed by atoms with Gasteiger partial charge in [-0.25, -0.2) is 4.98 Å². The highest BCUT2D eigenvalue weighted by atomic mass is 32.2. The molecule has 2 heterocycles. The predicted molar refractivity (Wildman–Crippen MR) is 80.3 cm³/mol. The van der Waals surface area contributed by atoms with Crippen molar-refractivity contribution in [1.29, 1.82) is 0 Å². The van der Waals surface area contributed by atoms with E-state index in [-0.39, 0.29) is 16.8 Å². The molecule has 1 aliphatic rings. The van der Waals surface area contributed by atoms with Gasteiger partial charge in [0.25, 0.3) is 17.2 Å². The maximum Gasteiger partial charge on any atom is 0.269 e. The quantitative estimate of drug-likeness (QED) is 0.522. The van der Waals surface area contributed by atoms with Crippen molar-refractivity contribution in [2.24, 2.45) is 0 Å². The van der Waals surface area contributed by atoms with Crippen LogP contribution in [0.1, 0.15) is 10.4 Å². The summed E-state index contributed by atoms with van der Waals surface area (Å²) in [4.78, 5) is 38.5. The third-order valence-electron chi connectivity index (χ3n) is 3.14. The van der Waals surface area contributed by atoms with E-state index in [1.807, 2.05) is 0 Å². The molecule has 0 saturated carbocycles. The number of aromatic nitrogens is 2. The van der Waals surface area contributed by atoms with Gasteiger partial charge in [-0.15, -0.1) is 0 Å². The SMILES string of the molecule is O=C(Nc1ccc([N+](=O)[O-])cc1)c1cnc2n(c1=O)CCS2. The van der Waals surface area contributed by atoms with Gasteiger partial charge in [-0.1, -0.05) is 11.8 Å². The average Bonchev–Trinajstić information content (AvgIpc) is 2.97. The van der Waals surface area contributed by atoms with Gasteiger partial charge in [0, 0.05) is 36.3 Å². The zero-order valence-corrected chi connectivity index (χ0v) is 12.0. The number of fused-ring (bicyclic) bond motifs is 1. The summed E-state index contributed by atoms with van der Waals surface area (Å²) in [5, 5.41) is 13.7. The number of thioether (sulfide) groups is 1. The molecule has 8 nitrogen and oxygen atoms in total. The number of nitro benzene ring substituents is 1. The molecule has 0 fully saturated rings. The molecule has 0 aliphatic carbocycles. The Morgan fingerprint density at radius 1 is 1.36 bits per heavy atom. The topological polar surface area (TPSA) is 107 Å². The van der Waals surface area contributed by atoms with Crippen molar-refractivity contribution in [1.82, 2.24) is 9.55 Å². The van der Waals surface area contributed by atoms with Crippen molar-refractivity contribution in [2.75, 3.05) is 11.1 Å². The molecule has 1 N–H and O–H groups in total. The van der Waals surface area contributed by atoms with Crippen LogP contribution in [0.4, 0.5) is 11.4 Å². The molecule has 22 heavy (non-hydrogen) atoms. The molecule has 0 spiro atoms. The molecule has 0 unspecified atom stereocenters. The number of nitro groups is 1. The highest BCUT2D eigenvalue weighted by Crippen LogP contribution is 2.21. The lowest BCUT2D eigenvalue weighted by atomic mass is 10.2. The summed E-state index contributed by atoms with van der Waals surface area (Å²) in [5.74, 6) is 0.175. The number of benzene rings is 1. The van der Waals surface area contributed by atoms with Gasteiger partial charge in [0.05, 0.1) is 4.92 Å². The number of carbonyl (C=O) groups is 1. The van der Waals surface area contributed by atoms with Crippen LogP contribution < -0.4 is 10.9 Å². The molecule has 3 rings (SSSR count). The minimum absolute atomic E-state index is 0.0513. The molecule has 0 bridgehead atoms. The number of rotatable bonds is 3. The zero-order valence-electron chi connectivity index (χ0n) is 11.2. The van der Waals surface area contributed by atoms with E-state index in [0.717, 1.165) is 5.75 Å². The lowest BCUT2D eigenvalue weighted by molar-refractivity contribution is -0.384. The maximum absolute atomic E-state index is 12.2. The van der Waals surface area contributed by atoms with Crippen molar-refractivity contribution in [3.8, 4) is 0 Å². The van der Waals surface area contributed by atoms with E-state index in [0.29, 0.717) is 17.4 Å². The summed E-state index contributed by atoms with van der Waals surface area (Å²) in [6.45, 7) is 0.532. The normalized spacial score (nSPS) is 12.7. The minimum Gasteiger partial charge on any atom is -0.322 e. The van der Waals surface area contributed by atoms with E-state index < -0.39 is 10.8 Å². The van der Waals surface area contributed by atoms with Gasteiger partial charge in [-0.05, 0) is 12.1 Å². The van der Waals surface area contributed by atoms with Crippen molar-refractivity contribution >= 4 is 29.0 Å². The first-order chi connectivity index (χ1) is 10.6.